The van der Waals surface area contributed by atoms with Gasteiger partial charge in [-0.3, -0.25) is 4.57 Å². The van der Waals surface area contributed by atoms with Crippen molar-refractivity contribution in [3.05, 3.63) is 12.7 Å². The number of imidazole rings is 1. The molecule has 1 spiro atoms. The van der Waals surface area contributed by atoms with Gasteiger partial charge in [-0.2, -0.15) is 0 Å². The average Bonchev–Trinajstić information content (AvgIpc) is 2.80. The van der Waals surface area contributed by atoms with E-state index in [4.69, 9.17) is 10.5 Å². The van der Waals surface area contributed by atoms with Gasteiger partial charge < -0.3 is 25.8 Å². The number of anilines is 1. The largest absolute Gasteiger partial charge is 0.390 e. The Morgan fingerprint density at radius 1 is 1.30 bits per heavy atom. The number of hydrogen-bond donors (Lipinski definition) is 4. The van der Waals surface area contributed by atoms with Crippen LogP contribution >= 0.6 is 0 Å². The molecule has 0 radical (unpaired) electrons. The third-order valence-electron chi connectivity index (χ3n) is 4.03. The van der Waals surface area contributed by atoms with Crippen LogP contribution in [0.3, 0.4) is 0 Å². The molecule has 106 valence electrons. The van der Waals surface area contributed by atoms with E-state index in [0.717, 1.165) is 0 Å². The first kappa shape index (κ1) is 12.0. The Morgan fingerprint density at radius 2 is 2.05 bits per heavy atom. The van der Waals surface area contributed by atoms with Crippen molar-refractivity contribution in [1.82, 2.24) is 19.5 Å². The summed E-state index contributed by atoms with van der Waals surface area (Å²) in [5.41, 5.74) is 5.42. The van der Waals surface area contributed by atoms with Gasteiger partial charge in [0.1, 0.15) is 29.7 Å². The molecule has 9 nitrogen and oxygen atoms in total. The summed E-state index contributed by atoms with van der Waals surface area (Å²) in [6.07, 6.45) is -0.974. The van der Waals surface area contributed by atoms with Gasteiger partial charge in [0.25, 0.3) is 0 Å². The van der Waals surface area contributed by atoms with E-state index in [1.165, 1.54) is 17.2 Å². The van der Waals surface area contributed by atoms with E-state index in [2.05, 4.69) is 15.0 Å². The number of aliphatic hydroxyl groups excluding tert-OH is 3. The maximum atomic E-state index is 10.1. The van der Waals surface area contributed by atoms with Gasteiger partial charge in [-0.05, 0) is 0 Å². The lowest BCUT2D eigenvalue weighted by molar-refractivity contribution is -0.0633. The van der Waals surface area contributed by atoms with Crippen LogP contribution in [0, 0.1) is 0 Å². The van der Waals surface area contributed by atoms with E-state index in [1.807, 2.05) is 0 Å². The Balaban J connectivity index is 1.79. The third-order valence-corrected chi connectivity index (χ3v) is 4.03. The van der Waals surface area contributed by atoms with Crippen molar-refractivity contribution in [2.45, 2.75) is 36.6 Å². The molecule has 1 aliphatic carbocycles. The highest BCUT2D eigenvalue weighted by atomic mass is 16.6. The number of fused-ring (bicyclic) bond motifs is 1. The molecule has 0 amide bonds. The molecule has 2 aromatic rings. The van der Waals surface area contributed by atoms with E-state index in [-0.39, 0.29) is 5.82 Å². The zero-order valence-electron chi connectivity index (χ0n) is 10.3. The molecule has 20 heavy (non-hydrogen) atoms. The van der Waals surface area contributed by atoms with Gasteiger partial charge in [0, 0.05) is 6.42 Å². The molecule has 2 unspecified atom stereocenters. The van der Waals surface area contributed by atoms with E-state index in [0.29, 0.717) is 17.6 Å². The lowest BCUT2D eigenvalue weighted by Crippen LogP contribution is -2.34. The van der Waals surface area contributed by atoms with Crippen LogP contribution in [-0.2, 0) is 4.74 Å². The zero-order valence-corrected chi connectivity index (χ0v) is 10.3. The van der Waals surface area contributed by atoms with Crippen LogP contribution in [0.1, 0.15) is 12.6 Å². The molecular weight excluding hydrogens is 266 g/mol. The second-order valence-electron chi connectivity index (χ2n) is 5.20. The number of ether oxygens (including phenoxy) is 1. The van der Waals surface area contributed by atoms with Gasteiger partial charge in [0.15, 0.2) is 17.7 Å². The Morgan fingerprint density at radius 3 is 2.70 bits per heavy atom. The Labute approximate surface area is 112 Å². The number of aromatic nitrogens is 4. The molecule has 1 saturated carbocycles. The lowest BCUT2D eigenvalue weighted by Gasteiger charge is -2.16. The quantitative estimate of drug-likeness (QED) is 0.477. The first-order valence-corrected chi connectivity index (χ1v) is 6.19. The van der Waals surface area contributed by atoms with Crippen molar-refractivity contribution in [3.8, 4) is 0 Å². The Hall–Kier alpha value is -1.81. The molecule has 9 heteroatoms. The van der Waals surface area contributed by atoms with Gasteiger partial charge in [-0.15, -0.1) is 0 Å². The molecule has 0 aromatic carbocycles. The first-order valence-electron chi connectivity index (χ1n) is 6.19. The van der Waals surface area contributed by atoms with Crippen molar-refractivity contribution in [1.29, 1.82) is 0 Å². The van der Waals surface area contributed by atoms with Crippen LogP contribution in [0.2, 0.25) is 0 Å². The summed E-state index contributed by atoms with van der Waals surface area (Å²) in [5.74, 6) is 0.225. The number of nitrogens with zero attached hydrogens (tertiary/aromatic N) is 4. The normalized spacial score (nSPS) is 39.8. The molecule has 4 rings (SSSR count). The minimum Gasteiger partial charge on any atom is -0.390 e. The standard InChI is InChI=1S/C11H13N5O4/c12-8-5-9(14-2-13-8)16(3-15-5)10-6(18)7(19)11(20-10)1-4(11)17/h2-4,6-7,10,17-19H,1H2,(H2,12,13,14)/t4-,6?,7?,10-,11-/m1/s1. The highest BCUT2D eigenvalue weighted by molar-refractivity contribution is 5.81. The second-order valence-corrected chi connectivity index (χ2v) is 5.20. The van der Waals surface area contributed by atoms with Crippen LogP contribution in [0.4, 0.5) is 5.82 Å². The van der Waals surface area contributed by atoms with Crippen molar-refractivity contribution >= 4 is 17.0 Å². The first-order chi connectivity index (χ1) is 9.54. The van der Waals surface area contributed by atoms with Crippen molar-refractivity contribution in [2.75, 3.05) is 5.73 Å². The molecule has 1 aliphatic heterocycles. The lowest BCUT2D eigenvalue weighted by atomic mass is 10.1. The number of nitrogens with two attached hydrogens (primary N) is 1. The number of hydrogen-bond acceptors (Lipinski definition) is 8. The molecule has 5 atom stereocenters. The minimum atomic E-state index is -1.18. The molecule has 2 aliphatic rings. The third kappa shape index (κ3) is 1.32. The number of rotatable bonds is 1. The highest BCUT2D eigenvalue weighted by Gasteiger charge is 2.69. The van der Waals surface area contributed by atoms with E-state index in [9.17, 15) is 15.3 Å². The highest BCUT2D eigenvalue weighted by Crippen LogP contribution is 2.53. The minimum absolute atomic E-state index is 0.225. The monoisotopic (exact) mass is 279 g/mol. The van der Waals surface area contributed by atoms with Gasteiger partial charge in [0.05, 0.1) is 12.4 Å². The summed E-state index contributed by atoms with van der Waals surface area (Å²) in [6.45, 7) is 0. The smallest absolute Gasteiger partial charge is 0.167 e. The SMILES string of the molecule is Nc1ncnc2c1ncn2[C@@H]1O[C@@]2(C[C@H]2O)C(O)C1O. The van der Waals surface area contributed by atoms with Crippen molar-refractivity contribution in [3.63, 3.8) is 0 Å². The summed E-state index contributed by atoms with van der Waals surface area (Å²) < 4.78 is 7.15. The van der Waals surface area contributed by atoms with Crippen LogP contribution in [0.25, 0.3) is 11.2 Å². The number of nitrogen functional groups attached to an aromatic ring is 1. The predicted octanol–water partition coefficient (Wildman–Crippen LogP) is -1.84. The van der Waals surface area contributed by atoms with E-state index >= 15 is 0 Å². The maximum absolute atomic E-state index is 10.1. The van der Waals surface area contributed by atoms with Gasteiger partial charge in [-0.1, -0.05) is 0 Å². The van der Waals surface area contributed by atoms with Crippen LogP contribution < -0.4 is 5.73 Å². The Bertz CT molecular complexity index is 691. The van der Waals surface area contributed by atoms with E-state index < -0.39 is 30.1 Å². The summed E-state index contributed by atoms with van der Waals surface area (Å²) in [6, 6.07) is 0. The molecule has 5 N–H and O–H groups in total. The molecule has 3 heterocycles. The second kappa shape index (κ2) is 3.64. The fraction of sp³-hybridized carbons (Fsp3) is 0.545. The summed E-state index contributed by atoms with van der Waals surface area (Å²) in [5, 5.41) is 29.8. The fourth-order valence-electron chi connectivity index (χ4n) is 2.77. The molecule has 2 aromatic heterocycles. The molecule has 2 fully saturated rings. The molecule has 0 bridgehead atoms. The van der Waals surface area contributed by atoms with Gasteiger partial charge in [0.2, 0.25) is 0 Å². The Kier molecular flexibility index (Phi) is 2.18. The summed E-state index contributed by atoms with van der Waals surface area (Å²) >= 11 is 0. The van der Waals surface area contributed by atoms with Gasteiger partial charge >= 0.3 is 0 Å². The topological polar surface area (TPSA) is 140 Å². The van der Waals surface area contributed by atoms with E-state index in [1.54, 1.807) is 0 Å². The molecule has 1 saturated heterocycles. The fourth-order valence-corrected chi connectivity index (χ4v) is 2.77. The van der Waals surface area contributed by atoms with Gasteiger partial charge in [-0.25, -0.2) is 15.0 Å². The van der Waals surface area contributed by atoms with Crippen LogP contribution in [-0.4, -0.2) is 58.8 Å². The summed E-state index contributed by atoms with van der Waals surface area (Å²) in [4.78, 5) is 12.0. The van der Waals surface area contributed by atoms with Crippen molar-refractivity contribution < 1.29 is 20.1 Å². The summed E-state index contributed by atoms with van der Waals surface area (Å²) in [7, 11) is 0. The van der Waals surface area contributed by atoms with Crippen molar-refractivity contribution in [2.24, 2.45) is 0 Å². The predicted molar refractivity (Wildman–Crippen MR) is 65.2 cm³/mol. The number of aliphatic hydroxyl groups is 3. The zero-order chi connectivity index (χ0) is 14.1. The van der Waals surface area contributed by atoms with Crippen LogP contribution in [0.15, 0.2) is 12.7 Å². The van der Waals surface area contributed by atoms with Crippen LogP contribution in [0.5, 0.6) is 0 Å². The average molecular weight is 279 g/mol. The molecular formula is C11H13N5O4. The maximum Gasteiger partial charge on any atom is 0.167 e.